The fraction of sp³-hybridized carbons (Fsp3) is 0.400. The third kappa shape index (κ3) is 5.25. The Balaban J connectivity index is 2.62. The van der Waals surface area contributed by atoms with Crippen molar-refractivity contribution < 1.29 is 19.5 Å². The number of benzene rings is 1. The Morgan fingerprint density at radius 1 is 1.24 bits per heavy atom. The third-order valence-electron chi connectivity index (χ3n) is 2.92. The lowest BCUT2D eigenvalue weighted by atomic mass is 10.0. The van der Waals surface area contributed by atoms with Gasteiger partial charge in [0.2, 0.25) is 11.8 Å². The lowest BCUT2D eigenvalue weighted by Crippen LogP contribution is -2.45. The summed E-state index contributed by atoms with van der Waals surface area (Å²) in [6.07, 6.45) is 0.742. The molecule has 0 aromatic heterocycles. The summed E-state index contributed by atoms with van der Waals surface area (Å²) >= 11 is 0. The van der Waals surface area contributed by atoms with Gasteiger partial charge in [-0.2, -0.15) is 0 Å². The molecule has 1 rings (SSSR count). The smallest absolute Gasteiger partial charge is 0.335 e. The number of amides is 2. The van der Waals surface area contributed by atoms with Crippen molar-refractivity contribution in [3.05, 3.63) is 35.4 Å². The highest BCUT2D eigenvalue weighted by atomic mass is 16.4. The molecule has 0 saturated heterocycles. The number of carbonyl (C=O) groups excluding carboxylic acids is 2. The lowest BCUT2D eigenvalue weighted by Gasteiger charge is -2.14. The molecule has 1 aromatic rings. The van der Waals surface area contributed by atoms with Crippen LogP contribution in [0, 0.1) is 0 Å². The van der Waals surface area contributed by atoms with Crippen molar-refractivity contribution in [3.63, 3.8) is 0 Å². The Hall–Kier alpha value is -2.37. The van der Waals surface area contributed by atoms with Crippen LogP contribution in [0.25, 0.3) is 0 Å². The van der Waals surface area contributed by atoms with Crippen LogP contribution in [-0.2, 0) is 16.0 Å². The van der Waals surface area contributed by atoms with Gasteiger partial charge in [-0.05, 0) is 25.0 Å². The highest BCUT2D eigenvalue weighted by molar-refractivity contribution is 5.93. The molecule has 1 atom stereocenters. The summed E-state index contributed by atoms with van der Waals surface area (Å²) in [5.74, 6) is -1.72. The van der Waals surface area contributed by atoms with E-state index in [-0.39, 0.29) is 23.8 Å². The molecule has 0 bridgehead atoms. The van der Waals surface area contributed by atoms with Crippen LogP contribution in [0.1, 0.15) is 36.2 Å². The molecule has 2 amide bonds. The maximum Gasteiger partial charge on any atom is 0.335 e. The van der Waals surface area contributed by atoms with E-state index in [0.29, 0.717) is 12.1 Å². The van der Waals surface area contributed by atoms with Crippen LogP contribution in [0.4, 0.5) is 0 Å². The van der Waals surface area contributed by atoms with Gasteiger partial charge < -0.3 is 15.7 Å². The summed E-state index contributed by atoms with van der Waals surface area (Å²) in [6.45, 7) is 4.08. The van der Waals surface area contributed by atoms with E-state index in [0.717, 1.165) is 6.42 Å². The molecule has 1 unspecified atom stereocenters. The molecule has 0 aliphatic rings. The zero-order valence-corrected chi connectivity index (χ0v) is 12.2. The number of carboxylic acid groups (broad SMARTS) is 1. The number of carboxylic acids is 1. The average Bonchev–Trinajstić information content (AvgIpc) is 2.44. The quantitative estimate of drug-likeness (QED) is 0.697. The Labute approximate surface area is 123 Å². The van der Waals surface area contributed by atoms with E-state index in [4.69, 9.17) is 5.11 Å². The summed E-state index contributed by atoms with van der Waals surface area (Å²) in [5, 5.41) is 14.3. The van der Waals surface area contributed by atoms with E-state index in [2.05, 4.69) is 10.6 Å². The van der Waals surface area contributed by atoms with Crippen LogP contribution >= 0.6 is 0 Å². The number of rotatable bonds is 7. The van der Waals surface area contributed by atoms with E-state index in [1.54, 1.807) is 25.1 Å². The summed E-state index contributed by atoms with van der Waals surface area (Å²) < 4.78 is 0. The van der Waals surface area contributed by atoms with E-state index in [1.165, 1.54) is 6.07 Å². The van der Waals surface area contributed by atoms with Gasteiger partial charge in [0.25, 0.3) is 0 Å². The Bertz CT molecular complexity index is 528. The molecule has 1 aromatic carbocycles. The van der Waals surface area contributed by atoms with Crippen LogP contribution in [0.2, 0.25) is 0 Å². The van der Waals surface area contributed by atoms with Gasteiger partial charge in [0.1, 0.15) is 6.04 Å². The molecule has 0 saturated carbocycles. The van der Waals surface area contributed by atoms with Crippen molar-refractivity contribution in [2.24, 2.45) is 0 Å². The van der Waals surface area contributed by atoms with E-state index in [9.17, 15) is 14.4 Å². The lowest BCUT2D eigenvalue weighted by molar-refractivity contribution is -0.128. The second kappa shape index (κ2) is 8.04. The predicted molar refractivity (Wildman–Crippen MR) is 78.0 cm³/mol. The Morgan fingerprint density at radius 3 is 2.52 bits per heavy atom. The minimum Gasteiger partial charge on any atom is -0.478 e. The maximum absolute atomic E-state index is 11.9. The van der Waals surface area contributed by atoms with Gasteiger partial charge in [0, 0.05) is 6.54 Å². The minimum absolute atomic E-state index is 0.0755. The van der Waals surface area contributed by atoms with Gasteiger partial charge in [-0.1, -0.05) is 25.1 Å². The van der Waals surface area contributed by atoms with Gasteiger partial charge in [-0.3, -0.25) is 9.59 Å². The van der Waals surface area contributed by atoms with Gasteiger partial charge in [0.05, 0.1) is 12.0 Å². The first-order valence-electron chi connectivity index (χ1n) is 6.84. The molecular weight excluding hydrogens is 272 g/mol. The molecule has 0 radical (unpaired) electrons. The molecule has 6 heteroatoms. The number of aromatic carboxylic acids is 1. The fourth-order valence-electron chi connectivity index (χ4n) is 1.82. The molecule has 21 heavy (non-hydrogen) atoms. The van der Waals surface area contributed by atoms with Crippen LogP contribution < -0.4 is 10.6 Å². The summed E-state index contributed by atoms with van der Waals surface area (Å²) in [7, 11) is 0. The topological polar surface area (TPSA) is 95.5 Å². The monoisotopic (exact) mass is 292 g/mol. The first kappa shape index (κ1) is 16.7. The molecule has 0 aliphatic carbocycles. The largest absolute Gasteiger partial charge is 0.478 e. The maximum atomic E-state index is 11.9. The van der Waals surface area contributed by atoms with Crippen molar-refractivity contribution in [1.82, 2.24) is 10.6 Å². The fourth-order valence-corrected chi connectivity index (χ4v) is 1.82. The van der Waals surface area contributed by atoms with Crippen LogP contribution in [0.5, 0.6) is 0 Å². The van der Waals surface area contributed by atoms with Crippen molar-refractivity contribution in [1.29, 1.82) is 0 Å². The molecule has 0 heterocycles. The highest BCUT2D eigenvalue weighted by Gasteiger charge is 2.17. The third-order valence-corrected chi connectivity index (χ3v) is 2.92. The van der Waals surface area contributed by atoms with Crippen molar-refractivity contribution >= 4 is 17.8 Å². The first-order valence-corrected chi connectivity index (χ1v) is 6.84. The highest BCUT2D eigenvalue weighted by Crippen LogP contribution is 2.09. The first-order chi connectivity index (χ1) is 9.95. The van der Waals surface area contributed by atoms with Crippen LogP contribution in [-0.4, -0.2) is 35.5 Å². The zero-order chi connectivity index (χ0) is 15.8. The second-order valence-corrected chi connectivity index (χ2v) is 4.72. The van der Waals surface area contributed by atoms with Crippen molar-refractivity contribution in [3.8, 4) is 0 Å². The van der Waals surface area contributed by atoms with Crippen molar-refractivity contribution in [2.45, 2.75) is 32.7 Å². The Kier molecular flexibility index (Phi) is 6.39. The molecule has 6 nitrogen and oxygen atoms in total. The molecular formula is C15H20N2O4. The van der Waals surface area contributed by atoms with Crippen LogP contribution in [0.15, 0.2) is 24.3 Å². The predicted octanol–water partition coefficient (Wildman–Crippen LogP) is 0.958. The summed E-state index contributed by atoms with van der Waals surface area (Å²) in [5.41, 5.74) is 0.513. The zero-order valence-electron chi connectivity index (χ0n) is 12.2. The van der Waals surface area contributed by atoms with Gasteiger partial charge in [0.15, 0.2) is 0 Å². The molecule has 0 aliphatic heterocycles. The molecule has 3 N–H and O–H groups in total. The molecule has 0 fully saturated rings. The van der Waals surface area contributed by atoms with E-state index < -0.39 is 12.0 Å². The van der Waals surface area contributed by atoms with Crippen LogP contribution in [0.3, 0.4) is 0 Å². The van der Waals surface area contributed by atoms with Crippen molar-refractivity contribution in [2.75, 3.05) is 6.54 Å². The SMILES string of the molecule is CCCNC(=O)C(C)NC(=O)Cc1ccccc1C(=O)O. The molecule has 114 valence electrons. The standard InChI is InChI=1S/C15H20N2O4/c1-3-8-16-14(19)10(2)17-13(18)9-11-6-4-5-7-12(11)15(20)21/h4-7,10H,3,8-9H2,1-2H3,(H,16,19)(H,17,18)(H,20,21). The number of nitrogens with one attached hydrogen (secondary N) is 2. The molecule has 0 spiro atoms. The number of hydrogen-bond acceptors (Lipinski definition) is 3. The van der Waals surface area contributed by atoms with Gasteiger partial charge >= 0.3 is 5.97 Å². The Morgan fingerprint density at radius 2 is 1.90 bits per heavy atom. The summed E-state index contributed by atoms with van der Waals surface area (Å²) in [4.78, 5) is 34.6. The normalized spacial score (nSPS) is 11.5. The van der Waals surface area contributed by atoms with E-state index >= 15 is 0 Å². The summed E-state index contributed by atoms with van der Waals surface area (Å²) in [6, 6.07) is 5.66. The second-order valence-electron chi connectivity index (χ2n) is 4.72. The number of hydrogen-bond donors (Lipinski definition) is 3. The van der Waals surface area contributed by atoms with E-state index in [1.807, 2.05) is 6.92 Å². The number of carbonyl (C=O) groups is 3. The average molecular weight is 292 g/mol. The van der Waals surface area contributed by atoms with Gasteiger partial charge in [-0.15, -0.1) is 0 Å². The minimum atomic E-state index is -1.08. The van der Waals surface area contributed by atoms with Gasteiger partial charge in [-0.25, -0.2) is 4.79 Å².